The molecule has 0 aliphatic heterocycles. The van der Waals surface area contributed by atoms with Crippen molar-refractivity contribution in [2.45, 2.75) is 59.0 Å². The number of amides is 1. The fourth-order valence-electron chi connectivity index (χ4n) is 4.62. The normalized spacial score (nSPS) is 14.3. The van der Waals surface area contributed by atoms with Crippen molar-refractivity contribution in [1.82, 2.24) is 9.88 Å². The molecule has 150 valence electrons. The number of hydrogen-bond donors (Lipinski definition) is 1. The lowest BCUT2D eigenvalue weighted by Crippen LogP contribution is -2.29. The summed E-state index contributed by atoms with van der Waals surface area (Å²) < 4.78 is 2.28. The van der Waals surface area contributed by atoms with Crippen LogP contribution in [0.4, 0.5) is 0 Å². The first kappa shape index (κ1) is 19.5. The van der Waals surface area contributed by atoms with Gasteiger partial charge >= 0.3 is 0 Å². The Kier molecular flexibility index (Phi) is 5.57. The molecule has 0 spiro atoms. The second kappa shape index (κ2) is 8.28. The number of carbonyl (C=O) groups excluding carboxylic acids is 1. The Bertz CT molecular complexity index is 1020. The van der Waals surface area contributed by atoms with Crippen molar-refractivity contribution in [3.63, 3.8) is 0 Å². The van der Waals surface area contributed by atoms with Gasteiger partial charge in [-0.2, -0.15) is 0 Å². The highest BCUT2D eigenvalue weighted by Crippen LogP contribution is 2.31. The van der Waals surface area contributed by atoms with Gasteiger partial charge < -0.3 is 9.88 Å². The average Bonchev–Trinajstić information content (AvgIpc) is 3.01. The van der Waals surface area contributed by atoms with Crippen LogP contribution in [0.5, 0.6) is 0 Å². The molecule has 0 radical (unpaired) electrons. The summed E-state index contributed by atoms with van der Waals surface area (Å²) in [6.45, 7) is 7.05. The molecule has 3 aromatic rings. The molecule has 4 rings (SSSR count). The van der Waals surface area contributed by atoms with Gasteiger partial charge in [0, 0.05) is 12.2 Å². The molecule has 2 aromatic carbocycles. The van der Waals surface area contributed by atoms with E-state index in [-0.39, 0.29) is 11.9 Å². The lowest BCUT2D eigenvalue weighted by molar-refractivity contribution is 0.0930. The molecule has 0 bridgehead atoms. The number of carbonyl (C=O) groups is 1. The van der Waals surface area contributed by atoms with Gasteiger partial charge in [0.05, 0.1) is 6.04 Å². The van der Waals surface area contributed by atoms with Crippen LogP contribution in [0.1, 0.15) is 69.8 Å². The van der Waals surface area contributed by atoms with Crippen molar-refractivity contribution >= 4 is 5.91 Å². The molecule has 3 nitrogen and oxygen atoms in total. The van der Waals surface area contributed by atoms with Crippen LogP contribution >= 0.6 is 0 Å². The molecule has 3 heteroatoms. The van der Waals surface area contributed by atoms with E-state index in [9.17, 15) is 4.79 Å². The number of rotatable bonds is 5. The van der Waals surface area contributed by atoms with E-state index in [0.717, 1.165) is 36.2 Å². The molecule has 1 aliphatic carbocycles. The topological polar surface area (TPSA) is 34.0 Å². The van der Waals surface area contributed by atoms with E-state index in [1.54, 1.807) is 0 Å². The standard InChI is InChI=1S/C26H30N2O/c1-18-10-9-11-21(16-18)17-28-24-15-8-7-14-23(24)19(2)25(28)26(29)27-20(3)22-12-5-4-6-13-22/h4-6,9-13,16,20H,7-8,14-15,17H2,1-3H3,(H,27,29). The van der Waals surface area contributed by atoms with Crippen LogP contribution < -0.4 is 5.32 Å². The van der Waals surface area contributed by atoms with Crippen LogP contribution in [-0.4, -0.2) is 10.5 Å². The Morgan fingerprint density at radius 3 is 2.55 bits per heavy atom. The van der Waals surface area contributed by atoms with Crippen LogP contribution in [0, 0.1) is 13.8 Å². The van der Waals surface area contributed by atoms with Gasteiger partial charge in [-0.15, -0.1) is 0 Å². The predicted molar refractivity (Wildman–Crippen MR) is 118 cm³/mol. The third-order valence-electron chi connectivity index (χ3n) is 6.13. The average molecular weight is 387 g/mol. The molecule has 1 heterocycles. The summed E-state index contributed by atoms with van der Waals surface area (Å²) in [5.74, 6) is 0.0286. The molecule has 0 saturated carbocycles. The van der Waals surface area contributed by atoms with Gasteiger partial charge in [-0.05, 0) is 68.7 Å². The lowest BCUT2D eigenvalue weighted by Gasteiger charge is -2.19. The van der Waals surface area contributed by atoms with Crippen LogP contribution in [0.15, 0.2) is 54.6 Å². The number of fused-ring (bicyclic) bond motifs is 1. The monoisotopic (exact) mass is 386 g/mol. The molecular weight excluding hydrogens is 356 g/mol. The summed E-state index contributed by atoms with van der Waals surface area (Å²) in [6.07, 6.45) is 4.55. The van der Waals surface area contributed by atoms with E-state index in [1.165, 1.54) is 35.2 Å². The second-order valence-electron chi connectivity index (χ2n) is 8.29. The molecule has 1 aromatic heterocycles. The zero-order valence-corrected chi connectivity index (χ0v) is 17.7. The quantitative estimate of drug-likeness (QED) is 0.615. The minimum atomic E-state index is -0.0255. The molecule has 0 fully saturated rings. The maximum atomic E-state index is 13.4. The number of aryl methyl sites for hydroxylation is 1. The van der Waals surface area contributed by atoms with Gasteiger partial charge in [0.25, 0.3) is 5.91 Å². The maximum absolute atomic E-state index is 13.4. The fraction of sp³-hybridized carbons (Fsp3) is 0.346. The van der Waals surface area contributed by atoms with Crippen molar-refractivity contribution < 1.29 is 4.79 Å². The smallest absolute Gasteiger partial charge is 0.268 e. The minimum absolute atomic E-state index is 0.0255. The Balaban J connectivity index is 1.70. The van der Waals surface area contributed by atoms with E-state index in [4.69, 9.17) is 0 Å². The first-order valence-corrected chi connectivity index (χ1v) is 10.7. The Hall–Kier alpha value is -2.81. The summed E-state index contributed by atoms with van der Waals surface area (Å²) in [7, 11) is 0. The third-order valence-corrected chi connectivity index (χ3v) is 6.13. The molecule has 1 aliphatic rings. The largest absolute Gasteiger partial charge is 0.344 e. The molecule has 1 atom stereocenters. The van der Waals surface area contributed by atoms with Crippen molar-refractivity contribution in [3.8, 4) is 0 Å². The number of benzene rings is 2. The summed E-state index contributed by atoms with van der Waals surface area (Å²) in [5, 5.41) is 3.24. The van der Waals surface area contributed by atoms with Crippen molar-refractivity contribution in [3.05, 3.63) is 93.8 Å². The molecule has 1 amide bonds. The van der Waals surface area contributed by atoms with E-state index >= 15 is 0 Å². The molecule has 1 unspecified atom stereocenters. The van der Waals surface area contributed by atoms with Gasteiger partial charge in [-0.25, -0.2) is 0 Å². The van der Waals surface area contributed by atoms with Crippen LogP contribution in [0.3, 0.4) is 0 Å². The van der Waals surface area contributed by atoms with E-state index in [0.29, 0.717) is 0 Å². The van der Waals surface area contributed by atoms with E-state index < -0.39 is 0 Å². The summed E-state index contributed by atoms with van der Waals surface area (Å²) >= 11 is 0. The van der Waals surface area contributed by atoms with Crippen LogP contribution in [0.25, 0.3) is 0 Å². The van der Waals surface area contributed by atoms with Gasteiger partial charge in [-0.3, -0.25) is 4.79 Å². The predicted octanol–water partition coefficient (Wildman–Crippen LogP) is 5.52. The van der Waals surface area contributed by atoms with Crippen LogP contribution in [-0.2, 0) is 19.4 Å². The third kappa shape index (κ3) is 4.00. The fourth-order valence-corrected chi connectivity index (χ4v) is 4.62. The van der Waals surface area contributed by atoms with Crippen LogP contribution in [0.2, 0.25) is 0 Å². The molecule has 0 saturated heterocycles. The Labute approximate surface area is 173 Å². The van der Waals surface area contributed by atoms with Crippen molar-refractivity contribution in [2.24, 2.45) is 0 Å². The van der Waals surface area contributed by atoms with Gasteiger partial charge in [0.1, 0.15) is 5.69 Å². The highest BCUT2D eigenvalue weighted by Gasteiger charge is 2.27. The number of aromatic nitrogens is 1. The SMILES string of the molecule is Cc1cccc(Cn2c3c(c(C)c2C(=O)NC(C)c2ccccc2)CCCC3)c1. The molecular formula is C26H30N2O. The Morgan fingerprint density at radius 1 is 1.03 bits per heavy atom. The summed E-state index contributed by atoms with van der Waals surface area (Å²) in [6, 6.07) is 18.7. The summed E-state index contributed by atoms with van der Waals surface area (Å²) in [4.78, 5) is 13.4. The zero-order valence-electron chi connectivity index (χ0n) is 17.7. The summed E-state index contributed by atoms with van der Waals surface area (Å²) in [5.41, 5.74) is 8.36. The zero-order chi connectivity index (χ0) is 20.4. The lowest BCUT2D eigenvalue weighted by atomic mass is 9.95. The minimum Gasteiger partial charge on any atom is -0.344 e. The van der Waals surface area contributed by atoms with E-state index in [1.807, 2.05) is 18.2 Å². The Morgan fingerprint density at radius 2 is 1.79 bits per heavy atom. The van der Waals surface area contributed by atoms with Crippen molar-refractivity contribution in [2.75, 3.05) is 0 Å². The highest BCUT2D eigenvalue weighted by atomic mass is 16.2. The van der Waals surface area contributed by atoms with E-state index in [2.05, 4.69) is 67.1 Å². The first-order valence-electron chi connectivity index (χ1n) is 10.7. The number of nitrogens with one attached hydrogen (secondary N) is 1. The second-order valence-corrected chi connectivity index (χ2v) is 8.29. The maximum Gasteiger partial charge on any atom is 0.268 e. The van der Waals surface area contributed by atoms with Crippen molar-refractivity contribution in [1.29, 1.82) is 0 Å². The van der Waals surface area contributed by atoms with Gasteiger partial charge in [0.2, 0.25) is 0 Å². The molecule has 29 heavy (non-hydrogen) atoms. The van der Waals surface area contributed by atoms with Gasteiger partial charge in [0.15, 0.2) is 0 Å². The number of nitrogens with zero attached hydrogens (tertiary/aromatic N) is 1. The van der Waals surface area contributed by atoms with Gasteiger partial charge in [-0.1, -0.05) is 60.2 Å². The highest BCUT2D eigenvalue weighted by molar-refractivity contribution is 5.95. The first-order chi connectivity index (χ1) is 14.0. The number of hydrogen-bond acceptors (Lipinski definition) is 1. The molecule has 1 N–H and O–H groups in total.